The molecule has 114 valence electrons. The molecular formula is C16H16ClN3S2. The molecule has 2 aliphatic rings. The van der Waals surface area contributed by atoms with Gasteiger partial charge in [-0.15, -0.1) is 11.3 Å². The van der Waals surface area contributed by atoms with Gasteiger partial charge in [0.15, 0.2) is 0 Å². The summed E-state index contributed by atoms with van der Waals surface area (Å²) >= 11 is 9.75. The maximum absolute atomic E-state index is 6.17. The van der Waals surface area contributed by atoms with Gasteiger partial charge in [0.1, 0.15) is 5.84 Å². The Bertz CT molecular complexity index is 733. The first-order chi connectivity index (χ1) is 10.7. The van der Waals surface area contributed by atoms with Gasteiger partial charge in [0.05, 0.1) is 9.90 Å². The lowest BCUT2D eigenvalue weighted by atomic mass is 10.2. The van der Waals surface area contributed by atoms with E-state index in [1.165, 1.54) is 14.7 Å². The maximum atomic E-state index is 6.17. The summed E-state index contributed by atoms with van der Waals surface area (Å²) in [6, 6.07) is 8.17. The van der Waals surface area contributed by atoms with Gasteiger partial charge in [0, 0.05) is 41.7 Å². The molecule has 0 saturated carbocycles. The highest BCUT2D eigenvalue weighted by atomic mass is 35.5. The average molecular weight is 350 g/mol. The third kappa shape index (κ3) is 2.67. The van der Waals surface area contributed by atoms with E-state index in [0.29, 0.717) is 0 Å². The second-order valence-electron chi connectivity index (χ2n) is 5.56. The maximum Gasteiger partial charge on any atom is 0.138 e. The molecule has 22 heavy (non-hydrogen) atoms. The van der Waals surface area contributed by atoms with Crippen LogP contribution in [0.1, 0.15) is 5.56 Å². The molecule has 1 saturated heterocycles. The van der Waals surface area contributed by atoms with Gasteiger partial charge in [-0.05, 0) is 36.7 Å². The van der Waals surface area contributed by atoms with E-state index in [9.17, 15) is 0 Å². The number of aliphatic imine (C=N–C) groups is 1. The van der Waals surface area contributed by atoms with Crippen LogP contribution in [0.15, 0.2) is 43.7 Å². The summed E-state index contributed by atoms with van der Waals surface area (Å²) in [4.78, 5) is 10.9. The first-order valence-corrected chi connectivity index (χ1v) is 9.35. The number of benzene rings is 1. The van der Waals surface area contributed by atoms with E-state index in [-0.39, 0.29) is 0 Å². The zero-order valence-corrected chi connectivity index (χ0v) is 14.6. The Balaban J connectivity index is 1.80. The molecule has 1 fully saturated rings. The fourth-order valence-electron chi connectivity index (χ4n) is 2.74. The number of thiophene rings is 1. The second-order valence-corrected chi connectivity index (χ2v) is 8.22. The van der Waals surface area contributed by atoms with E-state index < -0.39 is 0 Å². The summed E-state index contributed by atoms with van der Waals surface area (Å²) < 4.78 is 1.32. The fourth-order valence-corrected chi connectivity index (χ4v) is 4.96. The molecule has 0 atom stereocenters. The number of piperazine rings is 1. The zero-order valence-electron chi connectivity index (χ0n) is 12.3. The molecule has 4 rings (SSSR count). The van der Waals surface area contributed by atoms with E-state index in [4.69, 9.17) is 16.6 Å². The molecule has 3 heterocycles. The van der Waals surface area contributed by atoms with E-state index in [1.54, 1.807) is 23.1 Å². The first-order valence-electron chi connectivity index (χ1n) is 7.28. The predicted octanol–water partition coefficient (Wildman–Crippen LogP) is 4.19. The van der Waals surface area contributed by atoms with Crippen molar-refractivity contribution in [2.45, 2.75) is 9.10 Å². The molecule has 0 spiro atoms. The fraction of sp³-hybridized carbons (Fsp3) is 0.312. The number of nitrogens with zero attached hydrogens (tertiary/aromatic N) is 3. The highest BCUT2D eigenvalue weighted by molar-refractivity contribution is 8.01. The number of hydrogen-bond donors (Lipinski definition) is 0. The van der Waals surface area contributed by atoms with Crippen molar-refractivity contribution in [1.82, 2.24) is 9.80 Å². The number of likely N-dealkylation sites (N-methyl/N-ethyl adjacent to an activating group) is 1. The molecule has 6 heteroatoms. The Morgan fingerprint density at radius 2 is 1.95 bits per heavy atom. The van der Waals surface area contributed by atoms with Gasteiger partial charge >= 0.3 is 0 Å². The molecule has 2 aromatic rings. The molecular weight excluding hydrogens is 334 g/mol. The quantitative estimate of drug-likeness (QED) is 0.710. The van der Waals surface area contributed by atoms with Crippen LogP contribution < -0.4 is 0 Å². The monoisotopic (exact) mass is 349 g/mol. The van der Waals surface area contributed by atoms with Crippen LogP contribution in [0.4, 0.5) is 5.69 Å². The van der Waals surface area contributed by atoms with Gasteiger partial charge < -0.3 is 9.80 Å². The predicted molar refractivity (Wildman–Crippen MR) is 95.2 cm³/mol. The van der Waals surface area contributed by atoms with Gasteiger partial charge in [-0.2, -0.15) is 0 Å². The van der Waals surface area contributed by atoms with Crippen molar-refractivity contribution < 1.29 is 0 Å². The van der Waals surface area contributed by atoms with Crippen molar-refractivity contribution in [2.75, 3.05) is 33.2 Å². The highest BCUT2D eigenvalue weighted by Crippen LogP contribution is 2.44. The number of fused-ring (bicyclic) bond motifs is 2. The van der Waals surface area contributed by atoms with E-state index >= 15 is 0 Å². The van der Waals surface area contributed by atoms with Crippen LogP contribution in [0.5, 0.6) is 0 Å². The van der Waals surface area contributed by atoms with Crippen LogP contribution in [-0.2, 0) is 0 Å². The summed E-state index contributed by atoms with van der Waals surface area (Å²) in [6.45, 7) is 4.19. The summed E-state index contributed by atoms with van der Waals surface area (Å²) in [7, 11) is 2.17. The van der Waals surface area contributed by atoms with Gasteiger partial charge in [0.25, 0.3) is 0 Å². The van der Waals surface area contributed by atoms with E-state index in [1.807, 2.05) is 12.1 Å². The van der Waals surface area contributed by atoms with Crippen molar-refractivity contribution in [1.29, 1.82) is 0 Å². The normalized spacial score (nSPS) is 18.5. The van der Waals surface area contributed by atoms with Gasteiger partial charge in [-0.1, -0.05) is 23.4 Å². The van der Waals surface area contributed by atoms with Gasteiger partial charge in [-0.3, -0.25) is 0 Å². The Kier molecular flexibility index (Phi) is 3.90. The summed E-state index contributed by atoms with van der Waals surface area (Å²) in [6.07, 6.45) is 0. The van der Waals surface area contributed by atoms with Gasteiger partial charge in [-0.25, -0.2) is 4.99 Å². The third-order valence-corrected chi connectivity index (χ3v) is 6.47. The minimum atomic E-state index is 0.742. The van der Waals surface area contributed by atoms with Crippen molar-refractivity contribution in [3.63, 3.8) is 0 Å². The first kappa shape index (κ1) is 14.6. The Hall–Kier alpha value is -1.01. The Morgan fingerprint density at radius 3 is 2.77 bits per heavy atom. The molecule has 1 aromatic carbocycles. The molecule has 0 aliphatic carbocycles. The summed E-state index contributed by atoms with van der Waals surface area (Å²) in [5.41, 5.74) is 2.24. The second kappa shape index (κ2) is 5.89. The number of hydrogen-bond acceptors (Lipinski definition) is 5. The van der Waals surface area contributed by atoms with Crippen LogP contribution in [0.2, 0.25) is 5.02 Å². The zero-order chi connectivity index (χ0) is 15.1. The average Bonchev–Trinajstić information content (AvgIpc) is 2.91. The summed E-state index contributed by atoms with van der Waals surface area (Å²) in [5, 5.41) is 2.90. The number of amidine groups is 1. The van der Waals surface area contributed by atoms with Crippen molar-refractivity contribution in [3.05, 3.63) is 40.2 Å². The van der Waals surface area contributed by atoms with Crippen molar-refractivity contribution >= 4 is 46.2 Å². The minimum Gasteiger partial charge on any atom is -0.353 e. The number of rotatable bonds is 0. The van der Waals surface area contributed by atoms with Crippen LogP contribution in [0, 0.1) is 0 Å². The van der Waals surface area contributed by atoms with Crippen LogP contribution in [0.3, 0.4) is 0 Å². The Labute approximate surface area is 143 Å². The van der Waals surface area contributed by atoms with Crippen LogP contribution in [0.25, 0.3) is 0 Å². The molecule has 0 N–H and O–H groups in total. The molecule has 0 amide bonds. The lowest BCUT2D eigenvalue weighted by Gasteiger charge is -2.34. The van der Waals surface area contributed by atoms with Crippen molar-refractivity contribution in [2.24, 2.45) is 4.99 Å². The largest absolute Gasteiger partial charge is 0.353 e. The molecule has 3 nitrogen and oxygen atoms in total. The topological polar surface area (TPSA) is 18.8 Å². The molecule has 2 aliphatic heterocycles. The Morgan fingerprint density at radius 1 is 1.14 bits per heavy atom. The molecule has 0 unspecified atom stereocenters. The number of halogens is 1. The van der Waals surface area contributed by atoms with Crippen LogP contribution >= 0.6 is 34.7 Å². The van der Waals surface area contributed by atoms with Crippen LogP contribution in [-0.4, -0.2) is 48.9 Å². The highest BCUT2D eigenvalue weighted by Gasteiger charge is 2.25. The SMILES string of the molecule is CN1CCN(C2=Nc3cc(Cl)ccc3Sc3sccc32)CC1. The molecule has 0 bridgehead atoms. The molecule has 1 aromatic heterocycles. The lowest BCUT2D eigenvalue weighted by molar-refractivity contribution is 0.215. The van der Waals surface area contributed by atoms with E-state index in [0.717, 1.165) is 42.7 Å². The summed E-state index contributed by atoms with van der Waals surface area (Å²) in [5.74, 6) is 1.10. The molecule has 0 radical (unpaired) electrons. The lowest BCUT2D eigenvalue weighted by Crippen LogP contribution is -2.47. The van der Waals surface area contributed by atoms with E-state index in [2.05, 4.69) is 34.4 Å². The smallest absolute Gasteiger partial charge is 0.138 e. The third-order valence-electron chi connectivity index (χ3n) is 4.02. The standard InChI is InChI=1S/C16H16ClN3S2/c1-19-5-7-20(8-6-19)15-12-4-9-21-16(12)22-14-3-2-11(17)10-13(14)18-15/h2-4,9-10H,5-8H2,1H3. The minimum absolute atomic E-state index is 0.742. The van der Waals surface area contributed by atoms with Gasteiger partial charge in [0.2, 0.25) is 0 Å². The van der Waals surface area contributed by atoms with Crippen molar-refractivity contribution in [3.8, 4) is 0 Å².